The Morgan fingerprint density at radius 2 is 2.03 bits per heavy atom. The van der Waals surface area contributed by atoms with Crippen molar-refractivity contribution in [3.05, 3.63) is 28.6 Å². The van der Waals surface area contributed by atoms with Gasteiger partial charge < -0.3 is 5.73 Å². The minimum atomic E-state index is -3.49. The zero-order valence-corrected chi connectivity index (χ0v) is 22.1. The summed E-state index contributed by atoms with van der Waals surface area (Å²) < 4.78 is 66.3. The second-order valence-electron chi connectivity index (χ2n) is 8.98. The van der Waals surface area contributed by atoms with E-state index < -0.39 is 37.8 Å². The summed E-state index contributed by atoms with van der Waals surface area (Å²) >= 11 is 0. The van der Waals surface area contributed by atoms with E-state index in [0.29, 0.717) is 43.9 Å². The van der Waals surface area contributed by atoms with E-state index in [1.165, 1.54) is 10.4 Å². The maximum absolute atomic E-state index is 14.6. The molecule has 0 bridgehead atoms. The molecule has 0 aliphatic heterocycles. The van der Waals surface area contributed by atoms with Gasteiger partial charge in [-0.3, -0.25) is 5.32 Å². The fourth-order valence-electron chi connectivity index (χ4n) is 4.00. The van der Waals surface area contributed by atoms with Crippen molar-refractivity contribution >= 4 is 32.0 Å². The molecule has 2 aliphatic carbocycles. The lowest BCUT2D eigenvalue weighted by atomic mass is 10.1. The summed E-state index contributed by atoms with van der Waals surface area (Å²) in [6, 6.07) is -1.43. The Labute approximate surface area is 206 Å². The molecule has 1 aromatic heterocycles. The SMILES string of the molecule is CCN(CCC(C)n1nnc(C(C)NC2CC=C(S(C)(=O)=O)C=C2F)c1N=CN)S(=O)(=O)C1CC1. The van der Waals surface area contributed by atoms with E-state index in [-0.39, 0.29) is 22.6 Å². The molecule has 0 amide bonds. The highest BCUT2D eigenvalue weighted by Gasteiger charge is 2.39. The van der Waals surface area contributed by atoms with E-state index in [1.807, 2.05) is 13.8 Å². The number of nitrogens with one attached hydrogen (secondary N) is 1. The Kier molecular flexibility index (Phi) is 8.50. The predicted molar refractivity (Wildman–Crippen MR) is 133 cm³/mol. The number of rotatable bonds is 12. The lowest BCUT2D eigenvalue weighted by Gasteiger charge is -2.24. The highest BCUT2D eigenvalue weighted by molar-refractivity contribution is 7.94. The summed E-state index contributed by atoms with van der Waals surface area (Å²) in [4.78, 5) is 4.18. The number of allylic oxidation sites excluding steroid dienone is 1. The Hall–Kier alpha value is -2.16. The molecule has 196 valence electrons. The van der Waals surface area contributed by atoms with Crippen LogP contribution in [-0.2, 0) is 19.9 Å². The van der Waals surface area contributed by atoms with Crippen LogP contribution in [0, 0.1) is 0 Å². The van der Waals surface area contributed by atoms with Crippen molar-refractivity contribution in [1.82, 2.24) is 24.6 Å². The van der Waals surface area contributed by atoms with Crippen LogP contribution >= 0.6 is 0 Å². The molecule has 0 saturated heterocycles. The molecule has 0 aromatic carbocycles. The van der Waals surface area contributed by atoms with E-state index in [0.717, 1.165) is 18.7 Å². The van der Waals surface area contributed by atoms with Crippen LogP contribution in [0.5, 0.6) is 0 Å². The van der Waals surface area contributed by atoms with Gasteiger partial charge in [0.2, 0.25) is 10.0 Å². The Morgan fingerprint density at radius 1 is 1.34 bits per heavy atom. The van der Waals surface area contributed by atoms with Gasteiger partial charge in [0.15, 0.2) is 15.7 Å². The van der Waals surface area contributed by atoms with Crippen LogP contribution in [0.3, 0.4) is 0 Å². The summed E-state index contributed by atoms with van der Waals surface area (Å²) in [6.45, 7) is 6.24. The molecule has 3 N–H and O–H groups in total. The average molecular weight is 532 g/mol. The molecular formula is C21H34FN7O4S2. The predicted octanol–water partition coefficient (Wildman–Crippen LogP) is 1.87. The molecule has 11 nitrogen and oxygen atoms in total. The van der Waals surface area contributed by atoms with Crippen LogP contribution in [0.15, 0.2) is 27.9 Å². The molecule has 1 saturated carbocycles. The van der Waals surface area contributed by atoms with Gasteiger partial charge in [-0.1, -0.05) is 18.2 Å². The second kappa shape index (κ2) is 10.8. The van der Waals surface area contributed by atoms with Gasteiger partial charge in [0.25, 0.3) is 0 Å². The number of hydrogen-bond acceptors (Lipinski definition) is 8. The monoisotopic (exact) mass is 531 g/mol. The van der Waals surface area contributed by atoms with E-state index >= 15 is 0 Å². The maximum atomic E-state index is 14.6. The fourth-order valence-corrected chi connectivity index (χ4v) is 6.60. The van der Waals surface area contributed by atoms with Crippen LogP contribution in [0.2, 0.25) is 0 Å². The van der Waals surface area contributed by atoms with Gasteiger partial charge in [-0.15, -0.1) is 5.10 Å². The van der Waals surface area contributed by atoms with Crippen LogP contribution in [0.25, 0.3) is 0 Å². The zero-order chi connectivity index (χ0) is 26.0. The summed E-state index contributed by atoms with van der Waals surface area (Å²) in [7, 11) is -6.76. The van der Waals surface area contributed by atoms with Crippen LogP contribution < -0.4 is 11.1 Å². The summed E-state index contributed by atoms with van der Waals surface area (Å²) in [5.41, 5.74) is 6.01. The molecule has 14 heteroatoms. The third-order valence-electron chi connectivity index (χ3n) is 6.22. The average Bonchev–Trinajstić information content (AvgIpc) is 3.56. The quantitative estimate of drug-likeness (QED) is 0.306. The lowest BCUT2D eigenvalue weighted by Crippen LogP contribution is -2.35. The molecule has 1 aromatic rings. The minimum Gasteiger partial charge on any atom is -0.390 e. The molecule has 1 heterocycles. The molecule has 3 unspecified atom stereocenters. The van der Waals surface area contributed by atoms with Gasteiger partial charge in [0, 0.05) is 19.3 Å². The third-order valence-corrected chi connectivity index (χ3v) is 9.84. The molecule has 35 heavy (non-hydrogen) atoms. The molecular weight excluding hydrogens is 497 g/mol. The van der Waals surface area contributed by atoms with E-state index in [2.05, 4.69) is 20.6 Å². The number of aromatic nitrogens is 3. The van der Waals surface area contributed by atoms with Gasteiger partial charge in [-0.05, 0) is 45.6 Å². The number of sulfone groups is 1. The molecule has 3 atom stereocenters. The largest absolute Gasteiger partial charge is 0.390 e. The van der Waals surface area contributed by atoms with Crippen molar-refractivity contribution in [1.29, 1.82) is 0 Å². The molecule has 1 fully saturated rings. The molecule has 3 rings (SSSR count). The molecule has 0 spiro atoms. The summed E-state index contributed by atoms with van der Waals surface area (Å²) in [5.74, 6) is -0.193. The Balaban J connectivity index is 1.72. The normalized spacial score (nSPS) is 21.3. The number of nitrogens with two attached hydrogens (primary N) is 1. The van der Waals surface area contributed by atoms with E-state index in [9.17, 15) is 21.2 Å². The standard InChI is InChI=1S/C21H34FN7O4S2/c1-5-28(35(32,33)16-6-7-16)11-10-14(2)29-21(24-13-23)20(26-27-29)15(3)25-19-9-8-17(12-18(19)22)34(4,30)31/h8,12-16,19,25H,5-7,9-11H2,1-4H3,(H2,23,24). The number of hydrogen-bond donors (Lipinski definition) is 2. The first-order valence-electron chi connectivity index (χ1n) is 11.6. The summed E-state index contributed by atoms with van der Waals surface area (Å²) in [5, 5.41) is 11.3. The first-order valence-corrected chi connectivity index (χ1v) is 15.0. The van der Waals surface area contributed by atoms with Crippen molar-refractivity contribution in [2.45, 2.75) is 69.8 Å². The first kappa shape index (κ1) is 27.4. The van der Waals surface area contributed by atoms with Crippen LogP contribution in [-0.4, -0.2) is 73.1 Å². The van der Waals surface area contributed by atoms with Crippen molar-refractivity contribution in [3.63, 3.8) is 0 Å². The lowest BCUT2D eigenvalue weighted by molar-refractivity contribution is 0.365. The van der Waals surface area contributed by atoms with Crippen molar-refractivity contribution in [3.8, 4) is 0 Å². The van der Waals surface area contributed by atoms with Gasteiger partial charge in [0.1, 0.15) is 11.5 Å². The Morgan fingerprint density at radius 3 is 2.57 bits per heavy atom. The van der Waals surface area contributed by atoms with Gasteiger partial charge >= 0.3 is 0 Å². The van der Waals surface area contributed by atoms with Gasteiger partial charge in [0.05, 0.1) is 34.6 Å². The van der Waals surface area contributed by atoms with Gasteiger partial charge in [-0.2, -0.15) is 0 Å². The number of aliphatic imine (C=N–C) groups is 1. The molecule has 2 aliphatic rings. The first-order chi connectivity index (χ1) is 16.4. The highest BCUT2D eigenvalue weighted by Crippen LogP contribution is 2.32. The Bertz CT molecular complexity index is 1220. The van der Waals surface area contributed by atoms with Gasteiger partial charge in [-0.25, -0.2) is 35.2 Å². The topological polar surface area (TPSA) is 153 Å². The third kappa shape index (κ3) is 6.35. The number of nitrogens with zero attached hydrogens (tertiary/aromatic N) is 5. The van der Waals surface area contributed by atoms with Crippen molar-refractivity contribution in [2.75, 3.05) is 19.3 Å². The van der Waals surface area contributed by atoms with Crippen molar-refractivity contribution in [2.24, 2.45) is 10.7 Å². The summed E-state index contributed by atoms with van der Waals surface area (Å²) in [6.07, 6.45) is 6.75. The highest BCUT2D eigenvalue weighted by atomic mass is 32.2. The number of sulfonamides is 1. The second-order valence-corrected chi connectivity index (χ2v) is 13.2. The smallest absolute Gasteiger partial charge is 0.216 e. The van der Waals surface area contributed by atoms with E-state index in [1.54, 1.807) is 11.6 Å². The minimum absolute atomic E-state index is 0.0429. The van der Waals surface area contributed by atoms with Crippen molar-refractivity contribution < 1.29 is 21.2 Å². The number of halogens is 1. The molecule has 0 radical (unpaired) electrons. The fraction of sp³-hybridized carbons (Fsp3) is 0.667. The zero-order valence-electron chi connectivity index (χ0n) is 20.4. The maximum Gasteiger partial charge on any atom is 0.216 e. The van der Waals surface area contributed by atoms with Crippen LogP contribution in [0.1, 0.15) is 64.2 Å². The van der Waals surface area contributed by atoms with Crippen LogP contribution in [0.4, 0.5) is 10.2 Å². The van der Waals surface area contributed by atoms with E-state index in [4.69, 9.17) is 5.73 Å².